The predicted octanol–water partition coefficient (Wildman–Crippen LogP) is 3.71. The number of ether oxygens (including phenoxy) is 1. The zero-order valence-corrected chi connectivity index (χ0v) is 16.8. The molecule has 28 heavy (non-hydrogen) atoms. The molecule has 1 fully saturated rings. The van der Waals surface area contributed by atoms with E-state index in [1.165, 1.54) is 0 Å². The Labute approximate surface area is 175 Å². The first-order valence-electron chi connectivity index (χ1n) is 8.84. The smallest absolute Gasteiger partial charge is 0.255 e. The summed E-state index contributed by atoms with van der Waals surface area (Å²) in [7, 11) is 0. The maximum Gasteiger partial charge on any atom is 0.255 e. The summed E-state index contributed by atoms with van der Waals surface area (Å²) in [6, 6.07) is 13.0. The van der Waals surface area contributed by atoms with Crippen molar-refractivity contribution in [2.45, 2.75) is 18.9 Å². The van der Waals surface area contributed by atoms with Crippen LogP contribution in [0.4, 0.5) is 11.4 Å². The predicted molar refractivity (Wildman–Crippen MR) is 113 cm³/mol. The average molecular weight is 424 g/mol. The Bertz CT molecular complexity index is 791. The fraction of sp³-hybridized carbons (Fsp3) is 0.300. The number of halogens is 2. The lowest BCUT2D eigenvalue weighted by Gasteiger charge is -2.26. The lowest BCUT2D eigenvalue weighted by Crippen LogP contribution is -2.43. The second-order valence-electron chi connectivity index (χ2n) is 6.50. The van der Waals surface area contributed by atoms with Crippen LogP contribution in [0.25, 0.3) is 0 Å². The highest BCUT2D eigenvalue weighted by molar-refractivity contribution is 6.30. The van der Waals surface area contributed by atoms with Crippen molar-refractivity contribution >= 4 is 47.2 Å². The first-order chi connectivity index (χ1) is 13.0. The molecule has 0 saturated carbocycles. The van der Waals surface area contributed by atoms with Crippen LogP contribution in [0.2, 0.25) is 5.02 Å². The molecule has 1 heterocycles. The maximum absolute atomic E-state index is 12.3. The molecule has 0 spiro atoms. The van der Waals surface area contributed by atoms with Gasteiger partial charge in [-0.1, -0.05) is 11.6 Å². The highest BCUT2D eigenvalue weighted by Gasteiger charge is 2.26. The molecule has 0 radical (unpaired) electrons. The molecule has 2 amide bonds. The van der Waals surface area contributed by atoms with Crippen molar-refractivity contribution in [2.24, 2.45) is 11.7 Å². The summed E-state index contributed by atoms with van der Waals surface area (Å²) in [5.41, 5.74) is 7.85. The van der Waals surface area contributed by atoms with E-state index >= 15 is 0 Å². The minimum absolute atomic E-state index is 0. The van der Waals surface area contributed by atoms with Crippen LogP contribution >= 0.6 is 24.0 Å². The van der Waals surface area contributed by atoms with E-state index < -0.39 is 6.04 Å². The van der Waals surface area contributed by atoms with E-state index in [0.717, 1.165) is 12.8 Å². The first kappa shape index (κ1) is 22.2. The van der Waals surface area contributed by atoms with Gasteiger partial charge >= 0.3 is 0 Å². The summed E-state index contributed by atoms with van der Waals surface area (Å²) in [5.74, 6) is -0.304. The molecular formula is C20H23Cl2N3O3. The SMILES string of the molecule is Cl.NC(C(=O)Nc1ccc(NC(=O)c2ccc(Cl)cc2)cc1)C1CCOCC1. The number of nitrogens with one attached hydrogen (secondary N) is 2. The van der Waals surface area contributed by atoms with Crippen LogP contribution in [0, 0.1) is 5.92 Å². The van der Waals surface area contributed by atoms with E-state index in [2.05, 4.69) is 10.6 Å². The molecule has 0 bridgehead atoms. The van der Waals surface area contributed by atoms with E-state index in [1.54, 1.807) is 48.5 Å². The van der Waals surface area contributed by atoms with Crippen LogP contribution in [-0.2, 0) is 9.53 Å². The van der Waals surface area contributed by atoms with Crippen molar-refractivity contribution in [3.63, 3.8) is 0 Å². The van der Waals surface area contributed by atoms with Crippen molar-refractivity contribution in [3.05, 3.63) is 59.1 Å². The Morgan fingerprint density at radius 1 is 0.964 bits per heavy atom. The zero-order valence-electron chi connectivity index (χ0n) is 15.2. The fourth-order valence-corrected chi connectivity index (χ4v) is 3.08. The highest BCUT2D eigenvalue weighted by Crippen LogP contribution is 2.20. The van der Waals surface area contributed by atoms with Gasteiger partial charge < -0.3 is 21.1 Å². The number of anilines is 2. The maximum atomic E-state index is 12.3. The number of hydrogen-bond acceptors (Lipinski definition) is 4. The molecule has 0 aromatic heterocycles. The first-order valence-corrected chi connectivity index (χ1v) is 9.22. The largest absolute Gasteiger partial charge is 0.381 e. The number of hydrogen-bond donors (Lipinski definition) is 3. The number of rotatable bonds is 5. The van der Waals surface area contributed by atoms with Gasteiger partial charge in [0.05, 0.1) is 6.04 Å². The Hall–Kier alpha value is -2.12. The molecule has 150 valence electrons. The summed E-state index contributed by atoms with van der Waals surface area (Å²) in [6.45, 7) is 1.29. The number of benzene rings is 2. The molecule has 3 rings (SSSR count). The van der Waals surface area contributed by atoms with Gasteiger partial charge in [-0.3, -0.25) is 9.59 Å². The number of carbonyl (C=O) groups is 2. The molecule has 8 heteroatoms. The molecule has 1 atom stereocenters. The Morgan fingerprint density at radius 3 is 2.07 bits per heavy atom. The molecule has 4 N–H and O–H groups in total. The summed E-state index contributed by atoms with van der Waals surface area (Å²) in [6.07, 6.45) is 1.59. The van der Waals surface area contributed by atoms with E-state index in [9.17, 15) is 9.59 Å². The van der Waals surface area contributed by atoms with Gasteiger partial charge in [0.1, 0.15) is 0 Å². The van der Waals surface area contributed by atoms with Crippen LogP contribution in [0.1, 0.15) is 23.2 Å². The van der Waals surface area contributed by atoms with E-state index in [1.807, 2.05) is 0 Å². The normalized spacial score (nSPS) is 15.2. The lowest BCUT2D eigenvalue weighted by molar-refractivity contribution is -0.119. The molecule has 2 aromatic carbocycles. The van der Waals surface area contributed by atoms with Crippen molar-refractivity contribution in [1.82, 2.24) is 0 Å². The van der Waals surface area contributed by atoms with Crippen molar-refractivity contribution in [1.29, 1.82) is 0 Å². The van der Waals surface area contributed by atoms with E-state index in [0.29, 0.717) is 35.2 Å². The summed E-state index contributed by atoms with van der Waals surface area (Å²) < 4.78 is 5.30. The third-order valence-corrected chi connectivity index (χ3v) is 4.85. The van der Waals surface area contributed by atoms with E-state index in [4.69, 9.17) is 22.1 Å². The number of amides is 2. The monoisotopic (exact) mass is 423 g/mol. The summed E-state index contributed by atoms with van der Waals surface area (Å²) >= 11 is 5.83. The van der Waals surface area contributed by atoms with Gasteiger partial charge in [-0.2, -0.15) is 0 Å². The van der Waals surface area contributed by atoms with Crippen LogP contribution in [0.5, 0.6) is 0 Å². The summed E-state index contributed by atoms with van der Waals surface area (Å²) in [4.78, 5) is 24.5. The fourth-order valence-electron chi connectivity index (χ4n) is 2.96. The van der Waals surface area contributed by atoms with Crippen molar-refractivity contribution in [3.8, 4) is 0 Å². The van der Waals surface area contributed by atoms with E-state index in [-0.39, 0.29) is 30.1 Å². The van der Waals surface area contributed by atoms with Gasteiger partial charge in [-0.25, -0.2) is 0 Å². The van der Waals surface area contributed by atoms with Crippen molar-refractivity contribution in [2.75, 3.05) is 23.8 Å². The molecule has 1 aliphatic heterocycles. The second kappa shape index (κ2) is 10.4. The quantitative estimate of drug-likeness (QED) is 0.682. The van der Waals surface area contributed by atoms with Crippen LogP contribution < -0.4 is 16.4 Å². The van der Waals surface area contributed by atoms with Crippen molar-refractivity contribution < 1.29 is 14.3 Å². The minimum atomic E-state index is -0.557. The topological polar surface area (TPSA) is 93.5 Å². The molecule has 0 aliphatic carbocycles. The lowest BCUT2D eigenvalue weighted by atomic mass is 9.92. The van der Waals surface area contributed by atoms with Gasteiger partial charge in [0, 0.05) is 35.2 Å². The highest BCUT2D eigenvalue weighted by atomic mass is 35.5. The molecule has 2 aromatic rings. The molecule has 1 saturated heterocycles. The van der Waals surface area contributed by atoms with Gasteiger partial charge in [-0.05, 0) is 67.3 Å². The number of carbonyl (C=O) groups excluding carboxylic acids is 2. The van der Waals surface area contributed by atoms with Crippen LogP contribution in [-0.4, -0.2) is 31.1 Å². The van der Waals surface area contributed by atoms with Gasteiger partial charge in [0.15, 0.2) is 0 Å². The second-order valence-corrected chi connectivity index (χ2v) is 6.94. The van der Waals surface area contributed by atoms with Crippen LogP contribution in [0.3, 0.4) is 0 Å². The minimum Gasteiger partial charge on any atom is -0.381 e. The molecule has 1 unspecified atom stereocenters. The zero-order chi connectivity index (χ0) is 19.2. The Morgan fingerprint density at radius 2 is 1.50 bits per heavy atom. The van der Waals surface area contributed by atoms with Gasteiger partial charge in [-0.15, -0.1) is 12.4 Å². The third kappa shape index (κ3) is 5.94. The average Bonchev–Trinajstić information content (AvgIpc) is 2.70. The van der Waals surface area contributed by atoms with Crippen LogP contribution in [0.15, 0.2) is 48.5 Å². The third-order valence-electron chi connectivity index (χ3n) is 4.59. The van der Waals surface area contributed by atoms with Gasteiger partial charge in [0.25, 0.3) is 5.91 Å². The molecule has 6 nitrogen and oxygen atoms in total. The molecular weight excluding hydrogens is 401 g/mol. The summed E-state index contributed by atoms with van der Waals surface area (Å²) in [5, 5.41) is 6.20. The van der Waals surface area contributed by atoms with Gasteiger partial charge in [0.2, 0.25) is 5.91 Å². The Balaban J connectivity index is 0.00000280. The Kier molecular flexibility index (Phi) is 8.26. The standard InChI is InChI=1S/C20H22ClN3O3.ClH/c21-15-3-1-14(2-4-15)19(25)23-16-5-7-17(8-6-16)24-20(26)18(22)13-9-11-27-12-10-13;/h1-8,13,18H,9-12,22H2,(H,23,25)(H,24,26);1H. The molecule has 1 aliphatic rings. The number of nitrogens with two attached hydrogens (primary N) is 1.